The molecule has 0 aromatic carbocycles. The largest absolute Gasteiger partial charge is 0.444 e. The normalized spacial score (nSPS) is 25.4. The molecular formula is C12H18N2O3. The van der Waals surface area contributed by atoms with Crippen molar-refractivity contribution in [2.24, 2.45) is 11.8 Å². The highest BCUT2D eigenvalue weighted by Gasteiger charge is 2.36. The van der Waals surface area contributed by atoms with Crippen molar-refractivity contribution in [1.82, 2.24) is 4.90 Å². The summed E-state index contributed by atoms with van der Waals surface area (Å²) in [4.78, 5) is 24.9. The second kappa shape index (κ2) is 4.74. The minimum Gasteiger partial charge on any atom is -0.444 e. The number of rotatable bonds is 0. The van der Waals surface area contributed by atoms with Crippen LogP contribution in [0.5, 0.6) is 0 Å². The predicted molar refractivity (Wildman–Crippen MR) is 61.1 cm³/mol. The van der Waals surface area contributed by atoms with Gasteiger partial charge in [-0.2, -0.15) is 5.26 Å². The highest BCUT2D eigenvalue weighted by atomic mass is 16.6. The molecule has 0 N–H and O–H groups in total. The third kappa shape index (κ3) is 3.45. The molecule has 0 spiro atoms. The molecule has 1 saturated heterocycles. The summed E-state index contributed by atoms with van der Waals surface area (Å²) in [5, 5.41) is 8.86. The maximum atomic E-state index is 11.8. The van der Waals surface area contributed by atoms with E-state index >= 15 is 0 Å². The zero-order valence-electron chi connectivity index (χ0n) is 10.7. The van der Waals surface area contributed by atoms with Gasteiger partial charge in [0.1, 0.15) is 11.5 Å². The maximum absolute atomic E-state index is 11.8. The summed E-state index contributed by atoms with van der Waals surface area (Å²) >= 11 is 0. The molecule has 1 rings (SSSR count). The molecule has 1 heterocycles. The van der Waals surface area contributed by atoms with Crippen LogP contribution in [0.4, 0.5) is 4.79 Å². The monoisotopic (exact) mass is 238 g/mol. The van der Waals surface area contributed by atoms with Crippen LogP contribution >= 0.6 is 0 Å². The van der Waals surface area contributed by atoms with E-state index in [1.165, 1.54) is 4.90 Å². The fraction of sp³-hybridized carbons (Fsp3) is 0.750. The molecule has 0 aromatic rings. The standard InChI is InChI=1S/C12H18N2O3/c1-8-6-14(7-9(5-13)10(8)15)11(16)17-12(2,3)4/h8-9H,6-7H2,1-4H3/t8-,9?/m0/s1. The Morgan fingerprint density at radius 1 is 1.47 bits per heavy atom. The van der Waals surface area contributed by atoms with E-state index in [9.17, 15) is 9.59 Å². The summed E-state index contributed by atoms with van der Waals surface area (Å²) < 4.78 is 5.22. The van der Waals surface area contributed by atoms with Crippen molar-refractivity contribution in [2.75, 3.05) is 13.1 Å². The molecule has 17 heavy (non-hydrogen) atoms. The second-order valence-corrected chi connectivity index (χ2v) is 5.37. The lowest BCUT2D eigenvalue weighted by atomic mass is 9.90. The summed E-state index contributed by atoms with van der Waals surface area (Å²) in [6.45, 7) is 7.53. The van der Waals surface area contributed by atoms with Crippen LogP contribution in [0.15, 0.2) is 0 Å². The molecule has 5 nitrogen and oxygen atoms in total. The van der Waals surface area contributed by atoms with Crippen LogP contribution in [0.3, 0.4) is 0 Å². The van der Waals surface area contributed by atoms with Gasteiger partial charge in [-0.25, -0.2) is 4.79 Å². The van der Waals surface area contributed by atoms with Gasteiger partial charge in [0.25, 0.3) is 0 Å². The SMILES string of the molecule is C[C@H]1CN(C(=O)OC(C)(C)C)CC(C#N)C1=O. The highest BCUT2D eigenvalue weighted by Crippen LogP contribution is 2.20. The Balaban J connectivity index is 2.71. The van der Waals surface area contributed by atoms with Gasteiger partial charge in [-0.15, -0.1) is 0 Å². The Morgan fingerprint density at radius 3 is 2.53 bits per heavy atom. The fourth-order valence-corrected chi connectivity index (χ4v) is 1.73. The number of ketones is 1. The first-order valence-corrected chi connectivity index (χ1v) is 5.66. The van der Waals surface area contributed by atoms with Gasteiger partial charge in [-0.1, -0.05) is 6.92 Å². The Kier molecular flexibility index (Phi) is 3.76. The lowest BCUT2D eigenvalue weighted by Gasteiger charge is -2.34. The van der Waals surface area contributed by atoms with Gasteiger partial charge in [0.15, 0.2) is 5.78 Å². The van der Waals surface area contributed by atoms with Gasteiger partial charge in [0.05, 0.1) is 6.07 Å². The van der Waals surface area contributed by atoms with Crippen molar-refractivity contribution in [3.05, 3.63) is 0 Å². The number of ether oxygens (including phenoxy) is 1. The average molecular weight is 238 g/mol. The van der Waals surface area contributed by atoms with Crippen molar-refractivity contribution in [2.45, 2.75) is 33.3 Å². The molecule has 0 aliphatic carbocycles. The number of likely N-dealkylation sites (tertiary alicyclic amines) is 1. The van der Waals surface area contributed by atoms with Crippen LogP contribution in [0, 0.1) is 23.2 Å². The molecule has 0 bridgehead atoms. The van der Waals surface area contributed by atoms with Gasteiger partial charge in [-0.05, 0) is 20.8 Å². The molecule has 1 fully saturated rings. The van der Waals surface area contributed by atoms with Crippen molar-refractivity contribution < 1.29 is 14.3 Å². The van der Waals surface area contributed by atoms with E-state index in [0.29, 0.717) is 6.54 Å². The van der Waals surface area contributed by atoms with E-state index in [1.54, 1.807) is 27.7 Å². The molecule has 1 unspecified atom stereocenters. The Labute approximate surface area is 101 Å². The van der Waals surface area contributed by atoms with E-state index in [4.69, 9.17) is 10.00 Å². The molecule has 5 heteroatoms. The first-order valence-electron chi connectivity index (χ1n) is 5.66. The number of hydrogen-bond donors (Lipinski definition) is 0. The van der Waals surface area contributed by atoms with Crippen LogP contribution in [-0.4, -0.2) is 35.5 Å². The van der Waals surface area contributed by atoms with E-state index in [2.05, 4.69) is 0 Å². The number of carbonyl (C=O) groups excluding carboxylic acids is 2. The van der Waals surface area contributed by atoms with Crippen molar-refractivity contribution in [3.8, 4) is 6.07 Å². The third-order valence-electron chi connectivity index (χ3n) is 2.53. The minimum absolute atomic E-state index is 0.0905. The van der Waals surface area contributed by atoms with Crippen LogP contribution in [0.25, 0.3) is 0 Å². The van der Waals surface area contributed by atoms with Gasteiger partial charge in [-0.3, -0.25) is 4.79 Å². The Morgan fingerprint density at radius 2 is 2.06 bits per heavy atom. The first kappa shape index (κ1) is 13.5. The van der Waals surface area contributed by atoms with Crippen molar-refractivity contribution >= 4 is 11.9 Å². The Hall–Kier alpha value is -1.57. The number of nitriles is 1. The minimum atomic E-state index is -0.730. The lowest BCUT2D eigenvalue weighted by Crippen LogP contribution is -2.49. The van der Waals surface area contributed by atoms with Gasteiger partial charge in [0.2, 0.25) is 0 Å². The van der Waals surface area contributed by atoms with Crippen molar-refractivity contribution in [3.63, 3.8) is 0 Å². The van der Waals surface area contributed by atoms with Crippen LogP contribution in [0.1, 0.15) is 27.7 Å². The van der Waals surface area contributed by atoms with Crippen LogP contribution < -0.4 is 0 Å². The highest BCUT2D eigenvalue weighted by molar-refractivity contribution is 5.88. The fourth-order valence-electron chi connectivity index (χ4n) is 1.73. The number of carbonyl (C=O) groups is 2. The molecular weight excluding hydrogens is 220 g/mol. The number of piperidine rings is 1. The smallest absolute Gasteiger partial charge is 0.410 e. The zero-order valence-corrected chi connectivity index (χ0v) is 10.7. The second-order valence-electron chi connectivity index (χ2n) is 5.37. The molecule has 0 aromatic heterocycles. The molecule has 2 atom stereocenters. The van der Waals surface area contributed by atoms with Crippen LogP contribution in [0.2, 0.25) is 0 Å². The Bertz CT molecular complexity index is 365. The van der Waals surface area contributed by atoms with Gasteiger partial charge >= 0.3 is 6.09 Å². The summed E-state index contributed by atoms with van der Waals surface area (Å²) in [5.41, 5.74) is -0.566. The van der Waals surface area contributed by atoms with E-state index < -0.39 is 17.6 Å². The molecule has 1 aliphatic rings. The summed E-state index contributed by atoms with van der Waals surface area (Å²) in [6.07, 6.45) is -0.461. The van der Waals surface area contributed by atoms with E-state index in [-0.39, 0.29) is 18.2 Å². The third-order valence-corrected chi connectivity index (χ3v) is 2.53. The van der Waals surface area contributed by atoms with Gasteiger partial charge in [0, 0.05) is 19.0 Å². The molecule has 0 radical (unpaired) electrons. The quantitative estimate of drug-likeness (QED) is 0.642. The lowest BCUT2D eigenvalue weighted by molar-refractivity contribution is -0.128. The molecule has 1 amide bonds. The number of Topliss-reactive ketones (excluding diaryl/α,β-unsaturated/α-hetero) is 1. The van der Waals surface area contributed by atoms with Crippen molar-refractivity contribution in [1.29, 1.82) is 5.26 Å². The number of hydrogen-bond acceptors (Lipinski definition) is 4. The molecule has 0 saturated carbocycles. The average Bonchev–Trinajstić information content (AvgIpc) is 2.19. The summed E-state index contributed by atoms with van der Waals surface area (Å²) in [6, 6.07) is 1.93. The molecule has 94 valence electrons. The van der Waals surface area contributed by atoms with E-state index in [1.807, 2.05) is 6.07 Å². The van der Waals surface area contributed by atoms with Gasteiger partial charge < -0.3 is 9.64 Å². The molecule has 1 aliphatic heterocycles. The number of nitrogens with zero attached hydrogens (tertiary/aromatic N) is 2. The van der Waals surface area contributed by atoms with E-state index in [0.717, 1.165) is 0 Å². The van der Waals surface area contributed by atoms with Crippen LogP contribution in [-0.2, 0) is 9.53 Å². The maximum Gasteiger partial charge on any atom is 0.410 e. The summed E-state index contributed by atoms with van der Waals surface area (Å²) in [5.74, 6) is -1.13. The zero-order chi connectivity index (χ0) is 13.2. The predicted octanol–water partition coefficient (Wildman–Crippen LogP) is 1.58. The topological polar surface area (TPSA) is 70.4 Å². The summed E-state index contributed by atoms with van der Waals surface area (Å²) in [7, 11) is 0. The first-order chi connectivity index (χ1) is 7.74. The number of amides is 1.